The average molecular weight is 330 g/mol. The molecule has 2 aromatic rings. The highest BCUT2D eigenvalue weighted by molar-refractivity contribution is 5.98. The number of nitrogens with zero attached hydrogens (tertiary/aromatic N) is 2. The first kappa shape index (κ1) is 16.8. The molecule has 0 saturated heterocycles. The van der Waals surface area contributed by atoms with E-state index in [9.17, 15) is 9.90 Å². The summed E-state index contributed by atoms with van der Waals surface area (Å²) in [5.74, 6) is 0.317. The fraction of sp³-hybridized carbons (Fsp3) is 0.579. The van der Waals surface area contributed by atoms with Crippen LogP contribution >= 0.6 is 0 Å². The molecule has 1 aliphatic carbocycles. The molecule has 130 valence electrons. The quantitative estimate of drug-likeness (QED) is 0.893. The van der Waals surface area contributed by atoms with E-state index in [2.05, 4.69) is 5.10 Å². The first-order chi connectivity index (χ1) is 11.5. The van der Waals surface area contributed by atoms with Crippen LogP contribution in [0.2, 0.25) is 0 Å². The largest absolute Gasteiger partial charge is 0.478 e. The van der Waals surface area contributed by atoms with Crippen molar-refractivity contribution in [3.8, 4) is 5.88 Å². The summed E-state index contributed by atoms with van der Waals surface area (Å²) in [5.41, 5.74) is 3.59. The minimum absolute atomic E-state index is 0.290. The number of aromatic carboxylic acids is 1. The molecule has 1 aliphatic rings. The standard InChI is InChI=1S/C19H26N2O3/c1-4-15-12(2)10-16(24-11-14-8-6-5-7-9-14)21-18(15)17(19(22)23)13(3)20-21/h10,14H,4-9,11H2,1-3H3,(H,22,23). The smallest absolute Gasteiger partial charge is 0.339 e. The highest BCUT2D eigenvalue weighted by Crippen LogP contribution is 2.30. The molecule has 0 unspecified atom stereocenters. The number of hydrogen-bond acceptors (Lipinski definition) is 3. The van der Waals surface area contributed by atoms with Crippen LogP contribution in [-0.2, 0) is 6.42 Å². The van der Waals surface area contributed by atoms with Crippen LogP contribution in [0.25, 0.3) is 5.52 Å². The topological polar surface area (TPSA) is 63.8 Å². The van der Waals surface area contributed by atoms with Crippen molar-refractivity contribution in [2.75, 3.05) is 6.61 Å². The Morgan fingerprint density at radius 1 is 1.33 bits per heavy atom. The maximum Gasteiger partial charge on any atom is 0.339 e. The number of carboxylic acids is 1. The third kappa shape index (κ3) is 2.99. The number of pyridine rings is 1. The van der Waals surface area contributed by atoms with Crippen molar-refractivity contribution in [2.45, 2.75) is 59.3 Å². The lowest BCUT2D eigenvalue weighted by Crippen LogP contribution is -2.17. The van der Waals surface area contributed by atoms with Crippen molar-refractivity contribution in [1.82, 2.24) is 9.61 Å². The summed E-state index contributed by atoms with van der Waals surface area (Å²) in [7, 11) is 0. The van der Waals surface area contributed by atoms with Gasteiger partial charge in [-0.2, -0.15) is 9.61 Å². The molecular formula is C19H26N2O3. The molecule has 2 aromatic heterocycles. The van der Waals surface area contributed by atoms with Crippen LogP contribution in [0, 0.1) is 19.8 Å². The first-order valence-corrected chi connectivity index (χ1v) is 8.90. The van der Waals surface area contributed by atoms with Gasteiger partial charge in [-0.3, -0.25) is 0 Å². The molecule has 0 radical (unpaired) electrons. The van der Waals surface area contributed by atoms with Gasteiger partial charge in [0.25, 0.3) is 0 Å². The fourth-order valence-corrected chi connectivity index (χ4v) is 3.85. The van der Waals surface area contributed by atoms with Gasteiger partial charge in [0.15, 0.2) is 0 Å². The Morgan fingerprint density at radius 2 is 2.04 bits per heavy atom. The number of ether oxygens (including phenoxy) is 1. The van der Waals surface area contributed by atoms with Crippen molar-refractivity contribution < 1.29 is 14.6 Å². The van der Waals surface area contributed by atoms with E-state index in [-0.39, 0.29) is 5.56 Å². The zero-order valence-electron chi connectivity index (χ0n) is 14.8. The van der Waals surface area contributed by atoms with Gasteiger partial charge in [-0.05, 0) is 50.2 Å². The van der Waals surface area contributed by atoms with E-state index in [1.807, 2.05) is 19.9 Å². The molecule has 0 aromatic carbocycles. The molecule has 2 heterocycles. The molecule has 0 spiro atoms. The van der Waals surface area contributed by atoms with Crippen molar-refractivity contribution in [3.63, 3.8) is 0 Å². The zero-order chi connectivity index (χ0) is 17.3. The Kier molecular flexibility index (Phi) is 4.78. The maximum atomic E-state index is 11.7. The SMILES string of the molecule is CCc1c(C)cc(OCC2CCCCC2)n2nc(C)c(C(=O)O)c12. The predicted octanol–water partition coefficient (Wildman–Crippen LogP) is 4.17. The van der Waals surface area contributed by atoms with Gasteiger partial charge < -0.3 is 9.84 Å². The van der Waals surface area contributed by atoms with Gasteiger partial charge in [-0.15, -0.1) is 0 Å². The maximum absolute atomic E-state index is 11.7. The summed E-state index contributed by atoms with van der Waals surface area (Å²) in [6.07, 6.45) is 7.08. The number of hydrogen-bond donors (Lipinski definition) is 1. The lowest BCUT2D eigenvalue weighted by molar-refractivity contribution is 0.0698. The van der Waals surface area contributed by atoms with E-state index in [1.165, 1.54) is 32.1 Å². The number of aromatic nitrogens is 2. The van der Waals surface area contributed by atoms with Gasteiger partial charge >= 0.3 is 5.97 Å². The molecule has 1 saturated carbocycles. The van der Waals surface area contributed by atoms with E-state index < -0.39 is 5.97 Å². The number of fused-ring (bicyclic) bond motifs is 1. The number of rotatable bonds is 5. The van der Waals surface area contributed by atoms with Crippen LogP contribution in [0.5, 0.6) is 5.88 Å². The molecule has 0 amide bonds. The summed E-state index contributed by atoms with van der Waals surface area (Å²) in [5, 5.41) is 14.1. The Morgan fingerprint density at radius 3 is 2.67 bits per heavy atom. The minimum atomic E-state index is -0.930. The van der Waals surface area contributed by atoms with Crippen molar-refractivity contribution in [2.24, 2.45) is 5.92 Å². The van der Waals surface area contributed by atoms with Crippen LogP contribution in [0.3, 0.4) is 0 Å². The Hall–Kier alpha value is -2.04. The van der Waals surface area contributed by atoms with Crippen LogP contribution < -0.4 is 4.74 Å². The Bertz CT molecular complexity index is 758. The predicted molar refractivity (Wildman–Crippen MR) is 93.1 cm³/mol. The molecule has 0 bridgehead atoms. The Balaban J connectivity index is 2.02. The molecule has 5 nitrogen and oxygen atoms in total. The highest BCUT2D eigenvalue weighted by Gasteiger charge is 2.23. The van der Waals surface area contributed by atoms with E-state index in [1.54, 1.807) is 11.4 Å². The van der Waals surface area contributed by atoms with Crippen molar-refractivity contribution >= 4 is 11.5 Å². The first-order valence-electron chi connectivity index (χ1n) is 8.90. The molecular weight excluding hydrogens is 304 g/mol. The van der Waals surface area contributed by atoms with Crippen molar-refractivity contribution in [1.29, 1.82) is 0 Å². The van der Waals surface area contributed by atoms with Crippen molar-refractivity contribution in [3.05, 3.63) is 28.5 Å². The van der Waals surface area contributed by atoms with Crippen LogP contribution in [0.4, 0.5) is 0 Å². The summed E-state index contributed by atoms with van der Waals surface area (Å²) in [6.45, 7) is 6.48. The molecule has 24 heavy (non-hydrogen) atoms. The molecule has 1 N–H and O–H groups in total. The third-order valence-electron chi connectivity index (χ3n) is 5.13. The fourth-order valence-electron chi connectivity index (χ4n) is 3.85. The monoisotopic (exact) mass is 330 g/mol. The van der Waals surface area contributed by atoms with E-state index in [4.69, 9.17) is 4.74 Å². The highest BCUT2D eigenvalue weighted by atomic mass is 16.5. The normalized spacial score (nSPS) is 15.8. The second-order valence-electron chi connectivity index (χ2n) is 6.84. The lowest BCUT2D eigenvalue weighted by Gasteiger charge is -2.22. The summed E-state index contributed by atoms with van der Waals surface area (Å²) < 4.78 is 7.78. The van der Waals surface area contributed by atoms with Gasteiger partial charge in [-0.25, -0.2) is 4.79 Å². The molecule has 1 fully saturated rings. The number of aryl methyl sites for hydroxylation is 3. The molecule has 5 heteroatoms. The zero-order valence-corrected chi connectivity index (χ0v) is 14.8. The summed E-state index contributed by atoms with van der Waals surface area (Å²) in [6, 6.07) is 1.99. The minimum Gasteiger partial charge on any atom is -0.478 e. The van der Waals surface area contributed by atoms with Gasteiger partial charge in [-0.1, -0.05) is 26.2 Å². The van der Waals surface area contributed by atoms with Crippen LogP contribution in [-0.4, -0.2) is 27.3 Å². The second-order valence-corrected chi connectivity index (χ2v) is 6.84. The lowest BCUT2D eigenvalue weighted by atomic mass is 9.90. The van der Waals surface area contributed by atoms with Gasteiger partial charge in [0.05, 0.1) is 17.8 Å². The van der Waals surface area contributed by atoms with E-state index in [0.717, 1.165) is 17.5 Å². The molecule has 0 aliphatic heterocycles. The van der Waals surface area contributed by atoms with E-state index >= 15 is 0 Å². The third-order valence-corrected chi connectivity index (χ3v) is 5.13. The van der Waals surface area contributed by atoms with Crippen LogP contribution in [0.1, 0.15) is 66.2 Å². The number of carboxylic acid groups (broad SMARTS) is 1. The number of carbonyl (C=O) groups is 1. The van der Waals surface area contributed by atoms with Gasteiger partial charge in [0.2, 0.25) is 5.88 Å². The van der Waals surface area contributed by atoms with Gasteiger partial charge in [0.1, 0.15) is 5.56 Å². The van der Waals surface area contributed by atoms with E-state index in [0.29, 0.717) is 29.6 Å². The Labute approximate surface area is 142 Å². The van der Waals surface area contributed by atoms with Gasteiger partial charge in [0, 0.05) is 6.07 Å². The molecule has 3 rings (SSSR count). The molecule has 0 atom stereocenters. The second kappa shape index (κ2) is 6.83. The summed E-state index contributed by atoms with van der Waals surface area (Å²) in [4.78, 5) is 11.7. The summed E-state index contributed by atoms with van der Waals surface area (Å²) >= 11 is 0. The average Bonchev–Trinajstić information content (AvgIpc) is 2.91. The van der Waals surface area contributed by atoms with Crippen LogP contribution in [0.15, 0.2) is 6.07 Å².